The molecule has 1 aliphatic heterocycles. The van der Waals surface area contributed by atoms with E-state index in [0.29, 0.717) is 5.41 Å². The molecule has 2 N–H and O–H groups in total. The Balaban J connectivity index is 1.77. The molecule has 0 radical (unpaired) electrons. The minimum atomic E-state index is 0.521. The molecule has 1 fully saturated rings. The fraction of sp³-hybridized carbons (Fsp3) is 0.900. The van der Waals surface area contributed by atoms with Crippen LogP contribution in [-0.2, 0) is 0 Å². The maximum Gasteiger partial charge on any atom is 0.191 e. The summed E-state index contributed by atoms with van der Waals surface area (Å²) in [5.41, 5.74) is 0.521. The molecule has 0 atom stereocenters. The molecule has 3 heteroatoms. The zero-order valence-corrected chi connectivity index (χ0v) is 8.40. The van der Waals surface area contributed by atoms with E-state index in [0.717, 1.165) is 25.6 Å². The van der Waals surface area contributed by atoms with Gasteiger partial charge in [0, 0.05) is 13.1 Å². The summed E-state index contributed by atoms with van der Waals surface area (Å²) >= 11 is 0. The molecule has 13 heavy (non-hydrogen) atoms. The van der Waals surface area contributed by atoms with Gasteiger partial charge in [-0.2, -0.15) is 0 Å². The largest absolute Gasteiger partial charge is 0.356 e. The average molecular weight is 181 g/mol. The summed E-state index contributed by atoms with van der Waals surface area (Å²) in [7, 11) is 0. The highest BCUT2D eigenvalue weighted by Gasteiger charge is 2.28. The molecule has 1 heterocycles. The van der Waals surface area contributed by atoms with E-state index in [1.165, 1.54) is 25.7 Å². The molecule has 0 saturated heterocycles. The Morgan fingerprint density at radius 1 is 1.46 bits per heavy atom. The summed E-state index contributed by atoms with van der Waals surface area (Å²) < 4.78 is 0. The van der Waals surface area contributed by atoms with Gasteiger partial charge >= 0.3 is 0 Å². The predicted molar refractivity (Wildman–Crippen MR) is 54.9 cm³/mol. The minimum Gasteiger partial charge on any atom is -0.356 e. The minimum absolute atomic E-state index is 0.521. The lowest BCUT2D eigenvalue weighted by Gasteiger charge is -2.24. The monoisotopic (exact) mass is 181 g/mol. The molecule has 3 nitrogen and oxygen atoms in total. The molecular weight excluding hydrogens is 162 g/mol. The van der Waals surface area contributed by atoms with Crippen LogP contribution in [0.2, 0.25) is 0 Å². The molecule has 1 saturated carbocycles. The lowest BCUT2D eigenvalue weighted by molar-refractivity contribution is 0.334. The van der Waals surface area contributed by atoms with Crippen molar-refractivity contribution >= 4 is 5.96 Å². The number of hydrogen-bond donors (Lipinski definition) is 2. The van der Waals surface area contributed by atoms with Crippen LogP contribution in [0.4, 0.5) is 0 Å². The van der Waals surface area contributed by atoms with Crippen LogP contribution in [0.5, 0.6) is 0 Å². The molecule has 74 valence electrons. The van der Waals surface area contributed by atoms with Gasteiger partial charge in [-0.15, -0.1) is 0 Å². The second kappa shape index (κ2) is 3.56. The van der Waals surface area contributed by atoms with E-state index < -0.39 is 0 Å². The van der Waals surface area contributed by atoms with Gasteiger partial charge in [-0.3, -0.25) is 4.99 Å². The topological polar surface area (TPSA) is 36.4 Å². The molecule has 0 amide bonds. The SMILES string of the molecule is CC1(CNC2=NCCN2)CCCC1. The van der Waals surface area contributed by atoms with Crippen molar-refractivity contribution in [1.29, 1.82) is 0 Å². The number of aliphatic imine (C=N–C) groups is 1. The van der Waals surface area contributed by atoms with Gasteiger partial charge in [-0.1, -0.05) is 19.8 Å². The first-order chi connectivity index (χ1) is 6.29. The van der Waals surface area contributed by atoms with Crippen molar-refractivity contribution in [2.24, 2.45) is 10.4 Å². The molecule has 2 rings (SSSR count). The number of rotatable bonds is 2. The molecule has 0 aromatic carbocycles. The van der Waals surface area contributed by atoms with E-state index in [1.54, 1.807) is 0 Å². The predicted octanol–water partition coefficient (Wildman–Crippen LogP) is 1.12. The maximum atomic E-state index is 4.32. The van der Waals surface area contributed by atoms with Gasteiger partial charge in [-0.25, -0.2) is 0 Å². The fourth-order valence-electron chi connectivity index (χ4n) is 2.22. The van der Waals surface area contributed by atoms with Crippen LogP contribution in [0, 0.1) is 5.41 Å². The molecular formula is C10H19N3. The second-order valence-corrected chi connectivity index (χ2v) is 4.53. The average Bonchev–Trinajstić information content (AvgIpc) is 2.72. The molecule has 2 aliphatic rings. The molecule has 0 aromatic heterocycles. The Hall–Kier alpha value is -0.730. The molecule has 0 unspecified atom stereocenters. The highest BCUT2D eigenvalue weighted by Crippen LogP contribution is 2.36. The molecule has 0 aromatic rings. The fourth-order valence-corrected chi connectivity index (χ4v) is 2.22. The van der Waals surface area contributed by atoms with E-state index >= 15 is 0 Å². The Labute approximate surface area is 80.0 Å². The van der Waals surface area contributed by atoms with E-state index in [9.17, 15) is 0 Å². The van der Waals surface area contributed by atoms with Gasteiger partial charge in [0.2, 0.25) is 0 Å². The lowest BCUT2D eigenvalue weighted by Crippen LogP contribution is -2.39. The Morgan fingerprint density at radius 2 is 2.23 bits per heavy atom. The lowest BCUT2D eigenvalue weighted by atomic mass is 9.89. The van der Waals surface area contributed by atoms with Crippen molar-refractivity contribution < 1.29 is 0 Å². The summed E-state index contributed by atoms with van der Waals surface area (Å²) in [6.07, 6.45) is 5.54. The van der Waals surface area contributed by atoms with Crippen LogP contribution in [-0.4, -0.2) is 25.6 Å². The van der Waals surface area contributed by atoms with Crippen molar-refractivity contribution in [3.05, 3.63) is 0 Å². The van der Waals surface area contributed by atoms with Crippen LogP contribution >= 0.6 is 0 Å². The molecule has 0 bridgehead atoms. The van der Waals surface area contributed by atoms with Gasteiger partial charge < -0.3 is 10.6 Å². The summed E-state index contributed by atoms with van der Waals surface area (Å²) in [6, 6.07) is 0. The van der Waals surface area contributed by atoms with E-state index in [2.05, 4.69) is 22.5 Å². The van der Waals surface area contributed by atoms with Gasteiger partial charge in [0.25, 0.3) is 0 Å². The zero-order valence-electron chi connectivity index (χ0n) is 8.40. The first-order valence-corrected chi connectivity index (χ1v) is 5.31. The number of hydrogen-bond acceptors (Lipinski definition) is 3. The smallest absolute Gasteiger partial charge is 0.191 e. The highest BCUT2D eigenvalue weighted by atomic mass is 15.2. The van der Waals surface area contributed by atoms with Crippen molar-refractivity contribution in [3.8, 4) is 0 Å². The summed E-state index contributed by atoms with van der Waals surface area (Å²) in [6.45, 7) is 5.39. The van der Waals surface area contributed by atoms with Crippen LogP contribution in [0.1, 0.15) is 32.6 Å². The number of nitrogens with zero attached hydrogens (tertiary/aromatic N) is 1. The van der Waals surface area contributed by atoms with Crippen molar-refractivity contribution in [1.82, 2.24) is 10.6 Å². The summed E-state index contributed by atoms with van der Waals surface area (Å²) in [5.74, 6) is 1.01. The maximum absolute atomic E-state index is 4.32. The Morgan fingerprint density at radius 3 is 2.85 bits per heavy atom. The van der Waals surface area contributed by atoms with Gasteiger partial charge in [-0.05, 0) is 18.3 Å². The van der Waals surface area contributed by atoms with E-state index in [-0.39, 0.29) is 0 Å². The first-order valence-electron chi connectivity index (χ1n) is 5.31. The van der Waals surface area contributed by atoms with Crippen LogP contribution < -0.4 is 10.6 Å². The molecule has 0 spiro atoms. The van der Waals surface area contributed by atoms with Crippen molar-refractivity contribution in [2.45, 2.75) is 32.6 Å². The van der Waals surface area contributed by atoms with Crippen LogP contribution in [0.3, 0.4) is 0 Å². The summed E-state index contributed by atoms with van der Waals surface area (Å²) in [5, 5.41) is 6.64. The third kappa shape index (κ3) is 2.14. The summed E-state index contributed by atoms with van der Waals surface area (Å²) in [4.78, 5) is 4.32. The van der Waals surface area contributed by atoms with Gasteiger partial charge in [0.1, 0.15) is 0 Å². The van der Waals surface area contributed by atoms with Crippen molar-refractivity contribution in [3.63, 3.8) is 0 Å². The third-order valence-electron chi connectivity index (χ3n) is 3.17. The van der Waals surface area contributed by atoms with E-state index in [1.807, 2.05) is 0 Å². The number of guanidine groups is 1. The zero-order chi connectivity index (χ0) is 9.15. The second-order valence-electron chi connectivity index (χ2n) is 4.53. The van der Waals surface area contributed by atoms with Crippen molar-refractivity contribution in [2.75, 3.05) is 19.6 Å². The van der Waals surface area contributed by atoms with Gasteiger partial charge in [0.05, 0.1) is 6.54 Å². The van der Waals surface area contributed by atoms with Crippen LogP contribution in [0.15, 0.2) is 4.99 Å². The Kier molecular flexibility index (Phi) is 2.42. The van der Waals surface area contributed by atoms with E-state index in [4.69, 9.17) is 0 Å². The normalized spacial score (nSPS) is 25.5. The van der Waals surface area contributed by atoms with Gasteiger partial charge in [0.15, 0.2) is 5.96 Å². The number of nitrogens with one attached hydrogen (secondary N) is 2. The highest BCUT2D eigenvalue weighted by molar-refractivity contribution is 5.81. The molecule has 1 aliphatic carbocycles. The standard InChI is InChI=1S/C10H19N3/c1-10(4-2-3-5-10)8-13-9-11-6-7-12-9/h2-8H2,1H3,(H2,11,12,13). The first kappa shape index (κ1) is 8.85. The Bertz CT molecular complexity index is 204. The quantitative estimate of drug-likeness (QED) is 0.669. The van der Waals surface area contributed by atoms with Crippen LogP contribution in [0.25, 0.3) is 0 Å². The third-order valence-corrected chi connectivity index (χ3v) is 3.17.